The minimum atomic E-state index is -0.142. The lowest BCUT2D eigenvalue weighted by molar-refractivity contribution is -0.118. The van der Waals surface area contributed by atoms with Gasteiger partial charge in [0.25, 0.3) is 5.91 Å². The maximum absolute atomic E-state index is 11.2. The molecule has 1 aliphatic rings. The SMILES string of the molecule is Cn1ncc(-c2ccc3c(c2)OCC(=O)N3)c1N. The van der Waals surface area contributed by atoms with Gasteiger partial charge in [0.05, 0.1) is 11.9 Å². The fourth-order valence-electron chi connectivity index (χ4n) is 1.91. The second-order valence-corrected chi connectivity index (χ2v) is 4.11. The second-order valence-electron chi connectivity index (χ2n) is 4.11. The number of hydrogen-bond acceptors (Lipinski definition) is 4. The van der Waals surface area contributed by atoms with Gasteiger partial charge in [-0.25, -0.2) is 0 Å². The van der Waals surface area contributed by atoms with Gasteiger partial charge in [-0.2, -0.15) is 5.10 Å². The molecule has 0 spiro atoms. The third-order valence-corrected chi connectivity index (χ3v) is 2.91. The quantitative estimate of drug-likeness (QED) is 0.784. The zero-order valence-corrected chi connectivity index (χ0v) is 9.80. The van der Waals surface area contributed by atoms with Crippen molar-refractivity contribution in [3.63, 3.8) is 0 Å². The Morgan fingerprint density at radius 1 is 1.50 bits per heavy atom. The average Bonchev–Trinajstić information content (AvgIpc) is 2.69. The van der Waals surface area contributed by atoms with Crippen LogP contribution in [-0.4, -0.2) is 22.3 Å². The predicted octanol–water partition coefficient (Wildman–Crippen LogP) is 1.00. The number of nitrogen functional groups attached to an aromatic ring is 1. The van der Waals surface area contributed by atoms with Crippen LogP contribution < -0.4 is 15.8 Å². The summed E-state index contributed by atoms with van der Waals surface area (Å²) in [6.07, 6.45) is 1.71. The second kappa shape index (κ2) is 3.76. The molecule has 3 rings (SSSR count). The smallest absolute Gasteiger partial charge is 0.262 e. The van der Waals surface area contributed by atoms with Crippen molar-refractivity contribution in [3.8, 4) is 16.9 Å². The Labute approximate surface area is 103 Å². The maximum atomic E-state index is 11.2. The van der Waals surface area contributed by atoms with E-state index in [1.165, 1.54) is 0 Å². The van der Waals surface area contributed by atoms with Gasteiger partial charge in [0, 0.05) is 12.6 Å². The van der Waals surface area contributed by atoms with Gasteiger partial charge in [0.15, 0.2) is 6.61 Å². The monoisotopic (exact) mass is 244 g/mol. The van der Waals surface area contributed by atoms with Crippen LogP contribution in [0.25, 0.3) is 11.1 Å². The van der Waals surface area contributed by atoms with Crippen LogP contribution in [0.15, 0.2) is 24.4 Å². The number of nitrogens with two attached hydrogens (primary N) is 1. The van der Waals surface area contributed by atoms with E-state index in [9.17, 15) is 4.79 Å². The number of fused-ring (bicyclic) bond motifs is 1. The van der Waals surface area contributed by atoms with E-state index in [0.29, 0.717) is 17.3 Å². The molecule has 2 aromatic rings. The van der Waals surface area contributed by atoms with Gasteiger partial charge >= 0.3 is 0 Å². The molecule has 0 saturated carbocycles. The van der Waals surface area contributed by atoms with Crippen LogP contribution in [0.3, 0.4) is 0 Å². The van der Waals surface area contributed by atoms with Crippen LogP contribution in [0, 0.1) is 0 Å². The van der Waals surface area contributed by atoms with E-state index in [2.05, 4.69) is 10.4 Å². The Morgan fingerprint density at radius 3 is 3.06 bits per heavy atom. The normalized spacial score (nSPS) is 13.7. The molecule has 0 saturated heterocycles. The highest BCUT2D eigenvalue weighted by atomic mass is 16.5. The summed E-state index contributed by atoms with van der Waals surface area (Å²) in [5.41, 5.74) is 8.36. The van der Waals surface area contributed by atoms with Crippen molar-refractivity contribution in [1.29, 1.82) is 0 Å². The molecular weight excluding hydrogens is 232 g/mol. The fourth-order valence-corrected chi connectivity index (χ4v) is 1.91. The zero-order valence-electron chi connectivity index (χ0n) is 9.80. The highest BCUT2D eigenvalue weighted by Gasteiger charge is 2.17. The van der Waals surface area contributed by atoms with Crippen molar-refractivity contribution in [3.05, 3.63) is 24.4 Å². The minimum absolute atomic E-state index is 0.0406. The van der Waals surface area contributed by atoms with Gasteiger partial charge in [-0.15, -0.1) is 0 Å². The summed E-state index contributed by atoms with van der Waals surface area (Å²) >= 11 is 0. The van der Waals surface area contributed by atoms with Crippen LogP contribution >= 0.6 is 0 Å². The van der Waals surface area contributed by atoms with Crippen molar-refractivity contribution in [2.75, 3.05) is 17.7 Å². The van der Waals surface area contributed by atoms with Gasteiger partial charge in [0.1, 0.15) is 11.6 Å². The van der Waals surface area contributed by atoms with Crippen molar-refractivity contribution < 1.29 is 9.53 Å². The molecule has 0 atom stereocenters. The Morgan fingerprint density at radius 2 is 2.33 bits per heavy atom. The number of ether oxygens (including phenoxy) is 1. The van der Waals surface area contributed by atoms with E-state index >= 15 is 0 Å². The Balaban J connectivity index is 2.05. The highest BCUT2D eigenvalue weighted by molar-refractivity contribution is 5.96. The fraction of sp³-hybridized carbons (Fsp3) is 0.167. The lowest BCUT2D eigenvalue weighted by Gasteiger charge is -2.18. The molecule has 6 nitrogen and oxygen atoms in total. The van der Waals surface area contributed by atoms with Gasteiger partial charge in [-0.1, -0.05) is 6.07 Å². The number of anilines is 2. The van der Waals surface area contributed by atoms with Gasteiger partial charge in [-0.05, 0) is 17.7 Å². The molecule has 3 N–H and O–H groups in total. The number of rotatable bonds is 1. The Hall–Kier alpha value is -2.50. The summed E-state index contributed by atoms with van der Waals surface area (Å²) in [6.45, 7) is 0.0406. The first-order chi connectivity index (χ1) is 8.65. The number of nitrogens with zero attached hydrogens (tertiary/aromatic N) is 2. The van der Waals surface area contributed by atoms with Crippen LogP contribution in [0.4, 0.5) is 11.5 Å². The van der Waals surface area contributed by atoms with E-state index in [0.717, 1.165) is 11.1 Å². The van der Waals surface area contributed by atoms with E-state index in [-0.39, 0.29) is 12.5 Å². The number of benzene rings is 1. The van der Waals surface area contributed by atoms with E-state index in [4.69, 9.17) is 10.5 Å². The topological polar surface area (TPSA) is 82.2 Å². The lowest BCUT2D eigenvalue weighted by atomic mass is 10.1. The molecule has 0 radical (unpaired) electrons. The summed E-state index contributed by atoms with van der Waals surface area (Å²) in [7, 11) is 1.79. The first-order valence-electron chi connectivity index (χ1n) is 5.49. The average molecular weight is 244 g/mol. The molecule has 0 aliphatic carbocycles. The largest absolute Gasteiger partial charge is 0.482 e. The maximum Gasteiger partial charge on any atom is 0.262 e. The van der Waals surface area contributed by atoms with E-state index in [1.54, 1.807) is 24.0 Å². The molecule has 1 aromatic carbocycles. The van der Waals surface area contributed by atoms with Gasteiger partial charge < -0.3 is 15.8 Å². The number of aryl methyl sites for hydroxylation is 1. The van der Waals surface area contributed by atoms with Gasteiger partial charge in [0.2, 0.25) is 0 Å². The molecule has 0 unspecified atom stereocenters. The molecule has 2 heterocycles. The summed E-state index contributed by atoms with van der Waals surface area (Å²) < 4.78 is 6.97. The van der Waals surface area contributed by atoms with Crippen molar-refractivity contribution in [2.45, 2.75) is 0 Å². The molecule has 18 heavy (non-hydrogen) atoms. The number of carbonyl (C=O) groups excluding carboxylic acids is 1. The van der Waals surface area contributed by atoms with E-state index < -0.39 is 0 Å². The minimum Gasteiger partial charge on any atom is -0.482 e. The molecule has 1 amide bonds. The zero-order chi connectivity index (χ0) is 12.7. The standard InChI is InChI=1S/C12H12N4O2/c1-16-12(13)8(5-14-16)7-2-3-9-10(4-7)18-6-11(17)15-9/h2-5H,6,13H2,1H3,(H,15,17). The van der Waals surface area contributed by atoms with Gasteiger partial charge in [-0.3, -0.25) is 9.48 Å². The molecule has 0 bridgehead atoms. The predicted molar refractivity (Wildman–Crippen MR) is 67.2 cm³/mol. The number of carbonyl (C=O) groups is 1. The molecular formula is C12H12N4O2. The summed E-state index contributed by atoms with van der Waals surface area (Å²) in [6, 6.07) is 5.53. The van der Waals surface area contributed by atoms with E-state index in [1.807, 2.05) is 12.1 Å². The summed E-state index contributed by atoms with van der Waals surface area (Å²) in [4.78, 5) is 11.2. The summed E-state index contributed by atoms with van der Waals surface area (Å²) in [5, 5.41) is 6.84. The first-order valence-corrected chi connectivity index (χ1v) is 5.49. The number of amides is 1. The lowest BCUT2D eigenvalue weighted by Crippen LogP contribution is -2.25. The molecule has 1 aromatic heterocycles. The van der Waals surface area contributed by atoms with Crippen LogP contribution in [-0.2, 0) is 11.8 Å². The van der Waals surface area contributed by atoms with Crippen LogP contribution in [0.1, 0.15) is 0 Å². The molecule has 0 fully saturated rings. The van der Waals surface area contributed by atoms with Crippen LogP contribution in [0.2, 0.25) is 0 Å². The Bertz CT molecular complexity index is 633. The highest BCUT2D eigenvalue weighted by Crippen LogP contribution is 2.34. The molecule has 1 aliphatic heterocycles. The first kappa shape index (κ1) is 10.6. The third-order valence-electron chi connectivity index (χ3n) is 2.91. The van der Waals surface area contributed by atoms with Crippen molar-refractivity contribution >= 4 is 17.4 Å². The van der Waals surface area contributed by atoms with Crippen molar-refractivity contribution in [1.82, 2.24) is 9.78 Å². The molecule has 92 valence electrons. The number of hydrogen-bond donors (Lipinski definition) is 2. The summed E-state index contributed by atoms with van der Waals surface area (Å²) in [5.74, 6) is 1.10. The number of nitrogens with one attached hydrogen (secondary N) is 1. The van der Waals surface area contributed by atoms with Crippen molar-refractivity contribution in [2.24, 2.45) is 7.05 Å². The van der Waals surface area contributed by atoms with Crippen LogP contribution in [0.5, 0.6) is 5.75 Å². The Kier molecular flexibility index (Phi) is 2.22. The third kappa shape index (κ3) is 1.58. The number of aromatic nitrogens is 2. The molecule has 6 heteroatoms.